The molecule has 1 saturated heterocycles. The van der Waals surface area contributed by atoms with Crippen LogP contribution in [0.1, 0.15) is 18.4 Å². The molecule has 1 fully saturated rings. The van der Waals surface area contributed by atoms with Crippen LogP contribution in [0.5, 0.6) is 5.75 Å². The molecular weight excluding hydrogens is 292 g/mol. The van der Waals surface area contributed by atoms with Crippen molar-refractivity contribution in [3.63, 3.8) is 0 Å². The van der Waals surface area contributed by atoms with Gasteiger partial charge in [0.2, 0.25) is 5.71 Å². The number of para-hydroxylation sites is 1. The van der Waals surface area contributed by atoms with Gasteiger partial charge in [-0.1, -0.05) is 12.1 Å². The summed E-state index contributed by atoms with van der Waals surface area (Å²) < 4.78 is 5.37. The number of hydrogen-bond acceptors (Lipinski definition) is 6. The Hall–Kier alpha value is -2.59. The van der Waals surface area contributed by atoms with Crippen LogP contribution >= 0.6 is 0 Å². The van der Waals surface area contributed by atoms with Gasteiger partial charge in [0.15, 0.2) is 5.84 Å². The average Bonchev–Trinajstić information content (AvgIpc) is 3.07. The molecule has 0 spiro atoms. The van der Waals surface area contributed by atoms with Crippen LogP contribution in [0.15, 0.2) is 23.3 Å². The third-order valence-corrected chi connectivity index (χ3v) is 3.87. The van der Waals surface area contributed by atoms with E-state index in [1.165, 1.54) is 12.8 Å². The number of methoxy groups -OCH3 is 1. The van der Waals surface area contributed by atoms with Gasteiger partial charge in [0, 0.05) is 6.54 Å². The molecule has 0 bridgehead atoms. The number of nitrogens with zero attached hydrogens (tertiary/aromatic N) is 3. The summed E-state index contributed by atoms with van der Waals surface area (Å²) in [6.07, 6.45) is 3.38. The zero-order valence-electron chi connectivity index (χ0n) is 13.3. The lowest BCUT2D eigenvalue weighted by molar-refractivity contribution is 0.343. The molecule has 2 rings (SSSR count). The van der Waals surface area contributed by atoms with E-state index in [4.69, 9.17) is 21.1 Å². The van der Waals surface area contributed by atoms with Gasteiger partial charge < -0.3 is 15.4 Å². The zero-order valence-corrected chi connectivity index (χ0v) is 13.3. The van der Waals surface area contributed by atoms with Crippen LogP contribution in [0.4, 0.5) is 5.69 Å². The summed E-state index contributed by atoms with van der Waals surface area (Å²) in [5.74, 6) is 0.280. The summed E-state index contributed by atoms with van der Waals surface area (Å²) in [4.78, 5) is 2.43. The Morgan fingerprint density at radius 2 is 2.22 bits per heavy atom. The number of anilines is 1. The van der Waals surface area contributed by atoms with Crippen LogP contribution < -0.4 is 15.9 Å². The van der Waals surface area contributed by atoms with Crippen molar-refractivity contribution < 1.29 is 4.74 Å². The molecule has 7 nitrogen and oxygen atoms in total. The maximum atomic E-state index is 8.94. The summed E-state index contributed by atoms with van der Waals surface area (Å²) in [5.41, 5.74) is 9.77. The minimum Gasteiger partial charge on any atom is -0.495 e. The first-order chi connectivity index (χ1) is 11.2. The number of nitriles is 1. The number of hydrogen-bond donors (Lipinski definition) is 3. The third-order valence-electron chi connectivity index (χ3n) is 3.87. The molecule has 0 amide bonds. The number of benzene rings is 1. The first-order valence-electron chi connectivity index (χ1n) is 7.62. The summed E-state index contributed by atoms with van der Waals surface area (Å²) in [5, 5.41) is 20.2. The molecule has 0 radical (unpaired) electrons. The molecular formula is C16H22N6O. The lowest BCUT2D eigenvalue weighted by atomic mass is 10.1. The Morgan fingerprint density at radius 3 is 2.83 bits per heavy atom. The van der Waals surface area contributed by atoms with Crippen molar-refractivity contribution in [3.05, 3.63) is 23.8 Å². The molecule has 1 aromatic rings. The second-order valence-electron chi connectivity index (χ2n) is 5.39. The van der Waals surface area contributed by atoms with E-state index in [2.05, 4.69) is 15.4 Å². The van der Waals surface area contributed by atoms with Gasteiger partial charge >= 0.3 is 0 Å². The van der Waals surface area contributed by atoms with Gasteiger partial charge in [-0.3, -0.25) is 10.8 Å². The summed E-state index contributed by atoms with van der Waals surface area (Å²) in [7, 11) is 1.59. The highest BCUT2D eigenvalue weighted by Gasteiger charge is 2.14. The van der Waals surface area contributed by atoms with Gasteiger partial charge in [-0.25, -0.2) is 0 Å². The van der Waals surface area contributed by atoms with E-state index in [-0.39, 0.29) is 11.5 Å². The maximum Gasteiger partial charge on any atom is 0.201 e. The van der Waals surface area contributed by atoms with Crippen LogP contribution in [0.2, 0.25) is 0 Å². The first-order valence-corrected chi connectivity index (χ1v) is 7.62. The van der Waals surface area contributed by atoms with E-state index >= 15 is 0 Å². The van der Waals surface area contributed by atoms with E-state index in [1.54, 1.807) is 13.2 Å². The fraction of sp³-hybridized carbons (Fsp3) is 0.438. The molecule has 0 saturated carbocycles. The van der Waals surface area contributed by atoms with Crippen LogP contribution in [-0.4, -0.2) is 43.2 Å². The van der Waals surface area contributed by atoms with Crippen molar-refractivity contribution in [2.75, 3.05) is 32.2 Å². The standard InChI is InChI=1S/C16H22N6O/c1-23-14-6-4-5-12(7-10-22-8-2-3-9-22)15(14)21-20-13(11-17)16(18)19/h4-6,21H,2-3,7-10H2,1H3,(H3,18,19)/b20-13+. The predicted molar refractivity (Wildman–Crippen MR) is 91.0 cm³/mol. The van der Waals surface area contributed by atoms with Gasteiger partial charge in [-0.15, -0.1) is 0 Å². The van der Waals surface area contributed by atoms with Crippen LogP contribution in [0.25, 0.3) is 0 Å². The number of hydrazone groups is 1. The van der Waals surface area contributed by atoms with Gasteiger partial charge in [-0.05, 0) is 44.0 Å². The number of ether oxygens (including phenoxy) is 1. The van der Waals surface area contributed by atoms with E-state index in [0.717, 1.165) is 31.6 Å². The molecule has 1 aromatic carbocycles. The maximum absolute atomic E-state index is 8.94. The Morgan fingerprint density at radius 1 is 1.48 bits per heavy atom. The van der Waals surface area contributed by atoms with Gasteiger partial charge in [0.25, 0.3) is 0 Å². The van der Waals surface area contributed by atoms with Crippen molar-refractivity contribution in [3.8, 4) is 11.8 Å². The second-order valence-corrected chi connectivity index (χ2v) is 5.39. The molecule has 122 valence electrons. The van der Waals surface area contributed by atoms with Crippen molar-refractivity contribution in [2.45, 2.75) is 19.3 Å². The SMILES string of the molecule is COc1cccc(CCN2CCCC2)c1N/N=C(\C#N)C(=N)N. The van der Waals surface area contributed by atoms with E-state index in [0.29, 0.717) is 11.4 Å². The van der Waals surface area contributed by atoms with E-state index in [1.807, 2.05) is 18.2 Å². The summed E-state index contributed by atoms with van der Waals surface area (Å²) >= 11 is 0. The Kier molecular flexibility index (Phi) is 5.94. The molecule has 1 aliphatic rings. The number of amidine groups is 1. The highest BCUT2D eigenvalue weighted by atomic mass is 16.5. The summed E-state index contributed by atoms with van der Waals surface area (Å²) in [6, 6.07) is 7.57. The lowest BCUT2D eigenvalue weighted by Crippen LogP contribution is -2.23. The normalized spacial score (nSPS) is 15.2. The molecule has 23 heavy (non-hydrogen) atoms. The zero-order chi connectivity index (χ0) is 16.7. The van der Waals surface area contributed by atoms with Crippen molar-refractivity contribution in [1.82, 2.24) is 4.90 Å². The van der Waals surface area contributed by atoms with E-state index < -0.39 is 0 Å². The number of nitrogens with two attached hydrogens (primary N) is 1. The highest BCUT2D eigenvalue weighted by molar-refractivity contribution is 6.45. The minimum atomic E-state index is -0.367. The molecule has 0 unspecified atom stereocenters. The molecule has 7 heteroatoms. The fourth-order valence-electron chi connectivity index (χ4n) is 2.62. The molecule has 0 atom stereocenters. The first kappa shape index (κ1) is 16.8. The Labute approximate surface area is 136 Å². The predicted octanol–water partition coefficient (Wildman–Crippen LogP) is 1.56. The fourth-order valence-corrected chi connectivity index (χ4v) is 2.62. The van der Waals surface area contributed by atoms with Crippen molar-refractivity contribution in [1.29, 1.82) is 10.7 Å². The van der Waals surface area contributed by atoms with Gasteiger partial charge in [0.05, 0.1) is 7.11 Å². The van der Waals surface area contributed by atoms with Crippen LogP contribution in [0, 0.1) is 16.7 Å². The number of rotatable bonds is 7. The molecule has 4 N–H and O–H groups in total. The Bertz CT molecular complexity index is 628. The third kappa shape index (κ3) is 4.44. The summed E-state index contributed by atoms with van der Waals surface area (Å²) in [6.45, 7) is 3.27. The highest BCUT2D eigenvalue weighted by Crippen LogP contribution is 2.29. The van der Waals surface area contributed by atoms with Gasteiger partial charge in [0.1, 0.15) is 17.5 Å². The average molecular weight is 314 g/mol. The molecule has 0 aromatic heterocycles. The number of likely N-dealkylation sites (tertiary alicyclic amines) is 1. The second kappa shape index (κ2) is 8.15. The molecule has 0 aliphatic carbocycles. The van der Waals surface area contributed by atoms with Crippen LogP contribution in [-0.2, 0) is 6.42 Å². The smallest absolute Gasteiger partial charge is 0.201 e. The quantitative estimate of drug-likeness (QED) is 0.402. The molecule has 1 heterocycles. The van der Waals surface area contributed by atoms with E-state index in [9.17, 15) is 0 Å². The number of nitrogens with one attached hydrogen (secondary N) is 2. The lowest BCUT2D eigenvalue weighted by Gasteiger charge is -2.17. The van der Waals surface area contributed by atoms with Crippen molar-refractivity contribution >= 4 is 17.2 Å². The molecule has 1 aliphatic heterocycles. The van der Waals surface area contributed by atoms with Crippen molar-refractivity contribution in [2.24, 2.45) is 10.8 Å². The largest absolute Gasteiger partial charge is 0.495 e. The monoisotopic (exact) mass is 314 g/mol. The minimum absolute atomic E-state index is 0.151. The van der Waals surface area contributed by atoms with Crippen LogP contribution in [0.3, 0.4) is 0 Å². The van der Waals surface area contributed by atoms with Gasteiger partial charge in [-0.2, -0.15) is 10.4 Å². The topological polar surface area (TPSA) is 111 Å². The Balaban J connectivity index is 2.17.